The molecule has 0 spiro atoms. The van der Waals surface area contributed by atoms with Crippen molar-refractivity contribution in [1.29, 1.82) is 0 Å². The summed E-state index contributed by atoms with van der Waals surface area (Å²) in [6, 6.07) is 5.17. The second-order valence-corrected chi connectivity index (χ2v) is 7.55. The summed E-state index contributed by atoms with van der Waals surface area (Å²) in [6.07, 6.45) is 4.54. The second-order valence-electron chi connectivity index (χ2n) is 7.55. The van der Waals surface area contributed by atoms with E-state index in [0.29, 0.717) is 18.2 Å². The summed E-state index contributed by atoms with van der Waals surface area (Å²) in [5, 5.41) is 0. The average Bonchev–Trinajstić information content (AvgIpc) is 3.02. The number of likely N-dealkylation sites (tertiary alicyclic amines) is 1. The van der Waals surface area contributed by atoms with Crippen LogP contribution in [0.1, 0.15) is 18.4 Å². The molecule has 3 atom stereocenters. The second kappa shape index (κ2) is 7.58. The lowest BCUT2D eigenvalue weighted by Crippen LogP contribution is -2.54. The highest BCUT2D eigenvalue weighted by molar-refractivity contribution is 5.25. The molecule has 0 aromatic carbocycles. The first kappa shape index (κ1) is 17.2. The van der Waals surface area contributed by atoms with Crippen LogP contribution in [0.15, 0.2) is 18.3 Å². The van der Waals surface area contributed by atoms with Gasteiger partial charge in [-0.3, -0.25) is 9.80 Å². The molecule has 0 unspecified atom stereocenters. The highest BCUT2D eigenvalue weighted by Crippen LogP contribution is 2.34. The third-order valence-corrected chi connectivity index (χ3v) is 6.03. The Bertz CT molecular complexity index is 576. The Kier molecular flexibility index (Phi) is 5.22. The zero-order chi connectivity index (χ0) is 17.2. The molecule has 25 heavy (non-hydrogen) atoms. The van der Waals surface area contributed by atoms with E-state index in [1.165, 1.54) is 12.0 Å². The largest absolute Gasteiger partial charge is 0.481 e. The maximum absolute atomic E-state index is 6.28. The molecule has 4 rings (SSSR count). The van der Waals surface area contributed by atoms with Gasteiger partial charge in [-0.25, -0.2) is 4.98 Å². The van der Waals surface area contributed by atoms with Gasteiger partial charge in [0.2, 0.25) is 5.88 Å². The van der Waals surface area contributed by atoms with Gasteiger partial charge in [-0.2, -0.15) is 0 Å². The SMILES string of the molecule is COc1ncccc1CN1C[C@@H](N2CCN(C)CC2)[C@H]2OCCC[C@H]21. The number of methoxy groups -OCH3 is 1. The molecule has 0 amide bonds. The Morgan fingerprint density at radius 2 is 2.08 bits per heavy atom. The molecular formula is C19H30N4O2. The summed E-state index contributed by atoms with van der Waals surface area (Å²) < 4.78 is 11.7. The predicted molar refractivity (Wildman–Crippen MR) is 96.8 cm³/mol. The third kappa shape index (κ3) is 3.53. The lowest BCUT2D eigenvalue weighted by Gasteiger charge is -2.39. The van der Waals surface area contributed by atoms with Crippen molar-refractivity contribution in [3.63, 3.8) is 0 Å². The van der Waals surface area contributed by atoms with Gasteiger partial charge in [0, 0.05) is 63.7 Å². The molecule has 0 bridgehead atoms. The van der Waals surface area contributed by atoms with Gasteiger partial charge in [0.15, 0.2) is 0 Å². The van der Waals surface area contributed by atoms with Crippen molar-refractivity contribution in [2.75, 3.05) is 53.5 Å². The van der Waals surface area contributed by atoms with Gasteiger partial charge in [0.05, 0.1) is 19.3 Å². The molecule has 0 N–H and O–H groups in total. The fourth-order valence-electron chi connectivity index (χ4n) is 4.63. The first-order valence-corrected chi connectivity index (χ1v) is 9.52. The molecular weight excluding hydrogens is 316 g/mol. The van der Waals surface area contributed by atoms with Crippen LogP contribution in [-0.2, 0) is 11.3 Å². The number of ether oxygens (including phenoxy) is 2. The molecule has 0 aliphatic carbocycles. The average molecular weight is 346 g/mol. The van der Waals surface area contributed by atoms with E-state index in [1.807, 2.05) is 6.07 Å². The topological polar surface area (TPSA) is 41.1 Å². The number of pyridine rings is 1. The standard InChI is InChI=1S/C19H30N4O2/c1-21-8-10-22(11-9-21)17-14-23(16-6-4-12-25-18(16)17)13-15-5-3-7-20-19(15)24-2/h3,5,7,16-18H,4,6,8-14H2,1-2H3/t16-,17-,18+/m1/s1. The molecule has 0 radical (unpaired) electrons. The van der Waals surface area contributed by atoms with E-state index in [9.17, 15) is 0 Å². The van der Waals surface area contributed by atoms with E-state index in [4.69, 9.17) is 9.47 Å². The minimum absolute atomic E-state index is 0.347. The first-order chi connectivity index (χ1) is 12.3. The Morgan fingerprint density at radius 1 is 1.24 bits per heavy atom. The van der Waals surface area contributed by atoms with Crippen LogP contribution < -0.4 is 4.74 Å². The summed E-state index contributed by atoms with van der Waals surface area (Å²) >= 11 is 0. The maximum atomic E-state index is 6.28. The van der Waals surface area contributed by atoms with Crippen LogP contribution in [0.4, 0.5) is 0 Å². The molecule has 3 aliphatic heterocycles. The minimum atomic E-state index is 0.347. The lowest BCUT2D eigenvalue weighted by atomic mass is 9.99. The van der Waals surface area contributed by atoms with Crippen molar-refractivity contribution in [1.82, 2.24) is 19.7 Å². The van der Waals surface area contributed by atoms with Crippen LogP contribution >= 0.6 is 0 Å². The number of piperazine rings is 1. The van der Waals surface area contributed by atoms with Gasteiger partial charge in [-0.15, -0.1) is 0 Å². The van der Waals surface area contributed by atoms with Crippen LogP contribution in [0, 0.1) is 0 Å². The van der Waals surface area contributed by atoms with Crippen molar-refractivity contribution in [2.24, 2.45) is 0 Å². The Labute approximate surface area is 150 Å². The van der Waals surface area contributed by atoms with Crippen LogP contribution in [0.2, 0.25) is 0 Å². The van der Waals surface area contributed by atoms with E-state index in [1.54, 1.807) is 13.3 Å². The van der Waals surface area contributed by atoms with Crippen molar-refractivity contribution in [3.8, 4) is 5.88 Å². The number of hydrogen-bond donors (Lipinski definition) is 0. The van der Waals surface area contributed by atoms with E-state index in [2.05, 4.69) is 32.8 Å². The number of fused-ring (bicyclic) bond motifs is 1. The molecule has 4 heterocycles. The summed E-state index contributed by atoms with van der Waals surface area (Å²) in [7, 11) is 3.92. The van der Waals surface area contributed by atoms with Crippen LogP contribution in [0.5, 0.6) is 5.88 Å². The highest BCUT2D eigenvalue weighted by atomic mass is 16.5. The van der Waals surface area contributed by atoms with Crippen molar-refractivity contribution in [3.05, 3.63) is 23.9 Å². The number of hydrogen-bond acceptors (Lipinski definition) is 6. The number of rotatable bonds is 4. The summed E-state index contributed by atoms with van der Waals surface area (Å²) in [4.78, 5) is 12.0. The highest BCUT2D eigenvalue weighted by Gasteiger charge is 2.46. The number of likely N-dealkylation sites (N-methyl/N-ethyl adjacent to an activating group) is 1. The minimum Gasteiger partial charge on any atom is -0.481 e. The summed E-state index contributed by atoms with van der Waals surface area (Å²) in [5.74, 6) is 0.749. The smallest absolute Gasteiger partial charge is 0.217 e. The molecule has 138 valence electrons. The quantitative estimate of drug-likeness (QED) is 0.812. The van der Waals surface area contributed by atoms with Gasteiger partial charge in [-0.1, -0.05) is 6.07 Å². The van der Waals surface area contributed by atoms with Gasteiger partial charge >= 0.3 is 0 Å². The van der Waals surface area contributed by atoms with Crippen LogP contribution in [0.3, 0.4) is 0 Å². The zero-order valence-corrected chi connectivity index (χ0v) is 15.4. The molecule has 6 heteroatoms. The van der Waals surface area contributed by atoms with E-state index >= 15 is 0 Å². The maximum Gasteiger partial charge on any atom is 0.217 e. The molecule has 3 saturated heterocycles. The lowest BCUT2D eigenvalue weighted by molar-refractivity contribution is -0.0466. The number of aromatic nitrogens is 1. The molecule has 0 saturated carbocycles. The van der Waals surface area contributed by atoms with E-state index in [0.717, 1.165) is 58.2 Å². The van der Waals surface area contributed by atoms with Gasteiger partial charge in [0.25, 0.3) is 0 Å². The van der Waals surface area contributed by atoms with Crippen molar-refractivity contribution < 1.29 is 9.47 Å². The summed E-state index contributed by atoms with van der Waals surface area (Å²) in [5.41, 5.74) is 1.17. The zero-order valence-electron chi connectivity index (χ0n) is 15.4. The van der Waals surface area contributed by atoms with Gasteiger partial charge in [-0.05, 0) is 26.0 Å². The third-order valence-electron chi connectivity index (χ3n) is 6.03. The fourth-order valence-corrected chi connectivity index (χ4v) is 4.63. The van der Waals surface area contributed by atoms with E-state index < -0.39 is 0 Å². The normalized spacial score (nSPS) is 31.8. The fraction of sp³-hybridized carbons (Fsp3) is 0.737. The molecule has 3 aliphatic rings. The predicted octanol–water partition coefficient (Wildman–Crippen LogP) is 1.07. The van der Waals surface area contributed by atoms with Crippen LogP contribution in [0.25, 0.3) is 0 Å². The molecule has 1 aromatic heterocycles. The van der Waals surface area contributed by atoms with Gasteiger partial charge in [0.1, 0.15) is 0 Å². The number of nitrogens with zero attached hydrogens (tertiary/aromatic N) is 4. The molecule has 6 nitrogen and oxygen atoms in total. The van der Waals surface area contributed by atoms with Crippen molar-refractivity contribution >= 4 is 0 Å². The van der Waals surface area contributed by atoms with E-state index in [-0.39, 0.29) is 0 Å². The molecule has 3 fully saturated rings. The molecule has 1 aromatic rings. The van der Waals surface area contributed by atoms with Gasteiger partial charge < -0.3 is 14.4 Å². The Balaban J connectivity index is 1.50. The Morgan fingerprint density at radius 3 is 2.88 bits per heavy atom. The Hall–Kier alpha value is -1.21. The monoisotopic (exact) mass is 346 g/mol. The first-order valence-electron chi connectivity index (χ1n) is 9.52. The van der Waals surface area contributed by atoms with Crippen molar-refractivity contribution in [2.45, 2.75) is 37.6 Å². The summed E-state index contributed by atoms with van der Waals surface area (Å²) in [6.45, 7) is 7.50. The van der Waals surface area contributed by atoms with Crippen LogP contribution in [-0.4, -0.2) is 91.4 Å².